The van der Waals surface area contributed by atoms with Gasteiger partial charge in [0.15, 0.2) is 0 Å². The molecule has 0 aromatic heterocycles. The third kappa shape index (κ3) is 4.63. The molecule has 0 fully saturated rings. The van der Waals surface area contributed by atoms with Gasteiger partial charge in [-0.2, -0.15) is 0 Å². The van der Waals surface area contributed by atoms with Gasteiger partial charge in [0.2, 0.25) is 0 Å². The first-order valence-corrected chi connectivity index (χ1v) is 5.24. The van der Waals surface area contributed by atoms with E-state index in [1.165, 1.54) is 0 Å². The Balaban J connectivity index is 2.40. The molecular weight excluding hydrogens is 196 g/mol. The number of hydrogen-bond donors (Lipinski definition) is 0. The molecule has 0 amide bonds. The molecule has 0 bridgehead atoms. The molecule has 4 nitrogen and oxygen atoms in total. The average molecular weight is 212 g/mol. The minimum absolute atomic E-state index is 0.237. The maximum Gasteiger partial charge on any atom is 0.508 e. The third-order valence-corrected chi connectivity index (χ3v) is 2.15. The summed E-state index contributed by atoms with van der Waals surface area (Å²) in [7, 11) is 0. The molecule has 0 aromatic carbocycles. The zero-order chi connectivity index (χ0) is 11.1. The van der Waals surface area contributed by atoms with Gasteiger partial charge < -0.3 is 9.47 Å². The second-order valence-electron chi connectivity index (χ2n) is 3.40. The first-order valence-electron chi connectivity index (χ1n) is 5.24. The molecule has 0 saturated heterocycles. The number of Topliss-reactive ketones (excluding diaryl/α,β-unsaturated/α-hetero) is 1. The summed E-state index contributed by atoms with van der Waals surface area (Å²) >= 11 is 0. The lowest BCUT2D eigenvalue weighted by Gasteiger charge is -2.15. The molecule has 0 saturated carbocycles. The van der Waals surface area contributed by atoms with Crippen LogP contribution in [0.25, 0.3) is 0 Å². The molecule has 1 aliphatic rings. The Morgan fingerprint density at radius 3 is 3.13 bits per heavy atom. The maximum absolute atomic E-state index is 11.1. The zero-order valence-corrected chi connectivity index (χ0v) is 8.90. The second kappa shape index (κ2) is 6.22. The van der Waals surface area contributed by atoms with Crippen LogP contribution >= 0.6 is 0 Å². The lowest BCUT2D eigenvalue weighted by molar-refractivity contribution is -0.118. The monoisotopic (exact) mass is 212 g/mol. The summed E-state index contributed by atoms with van der Waals surface area (Å²) in [6.07, 6.45) is 5.06. The van der Waals surface area contributed by atoms with Gasteiger partial charge in [-0.1, -0.05) is 6.08 Å². The SMILES string of the molecule is CCOC(=O)OC1/C=C/CC(=O)CCC1. The molecular formula is C11H16O4. The molecule has 0 aromatic rings. The van der Waals surface area contributed by atoms with E-state index < -0.39 is 6.16 Å². The van der Waals surface area contributed by atoms with E-state index in [0.717, 1.165) is 6.42 Å². The van der Waals surface area contributed by atoms with Gasteiger partial charge in [-0.3, -0.25) is 4.79 Å². The number of carbonyl (C=O) groups is 2. The standard InChI is InChI=1S/C11H16O4/c1-2-14-11(13)15-10-7-3-5-9(12)6-4-8-10/h3,7,10H,2,4-6,8H2,1H3/b7-3+. The summed E-state index contributed by atoms with van der Waals surface area (Å²) in [5, 5.41) is 0. The predicted octanol–water partition coefficient (Wildman–Crippen LogP) is 2.23. The van der Waals surface area contributed by atoms with E-state index in [1.807, 2.05) is 0 Å². The van der Waals surface area contributed by atoms with Gasteiger partial charge in [0.1, 0.15) is 11.9 Å². The van der Waals surface area contributed by atoms with E-state index >= 15 is 0 Å². The van der Waals surface area contributed by atoms with Gasteiger partial charge in [-0.05, 0) is 25.8 Å². The fourth-order valence-corrected chi connectivity index (χ4v) is 1.42. The highest BCUT2D eigenvalue weighted by Crippen LogP contribution is 2.12. The van der Waals surface area contributed by atoms with Gasteiger partial charge in [-0.15, -0.1) is 0 Å². The summed E-state index contributed by atoms with van der Waals surface area (Å²) in [5.41, 5.74) is 0. The predicted molar refractivity (Wildman–Crippen MR) is 54.5 cm³/mol. The molecule has 0 aliphatic heterocycles. The van der Waals surface area contributed by atoms with Crippen molar-refractivity contribution in [3.8, 4) is 0 Å². The number of rotatable bonds is 2. The van der Waals surface area contributed by atoms with Crippen LogP contribution in [0.5, 0.6) is 0 Å². The Bertz CT molecular complexity index is 257. The van der Waals surface area contributed by atoms with E-state index in [1.54, 1.807) is 19.1 Å². The average Bonchev–Trinajstić information content (AvgIpc) is 2.14. The second-order valence-corrected chi connectivity index (χ2v) is 3.40. The van der Waals surface area contributed by atoms with Crippen molar-refractivity contribution >= 4 is 11.9 Å². The van der Waals surface area contributed by atoms with Crippen LogP contribution in [0, 0.1) is 0 Å². The Hall–Kier alpha value is -1.32. The van der Waals surface area contributed by atoms with Gasteiger partial charge in [0.25, 0.3) is 0 Å². The van der Waals surface area contributed by atoms with Crippen LogP contribution in [-0.4, -0.2) is 24.6 Å². The van der Waals surface area contributed by atoms with Crippen molar-refractivity contribution in [1.82, 2.24) is 0 Å². The van der Waals surface area contributed by atoms with Crippen LogP contribution in [-0.2, 0) is 14.3 Å². The highest BCUT2D eigenvalue weighted by molar-refractivity contribution is 5.79. The van der Waals surface area contributed by atoms with Crippen molar-refractivity contribution in [2.75, 3.05) is 6.61 Å². The Kier molecular flexibility index (Phi) is 4.87. The first-order chi connectivity index (χ1) is 7.22. The van der Waals surface area contributed by atoms with Crippen molar-refractivity contribution in [2.45, 2.75) is 38.7 Å². The van der Waals surface area contributed by atoms with E-state index in [9.17, 15) is 9.59 Å². The lowest BCUT2D eigenvalue weighted by atomic mass is 10.0. The van der Waals surface area contributed by atoms with Crippen LogP contribution in [0.4, 0.5) is 4.79 Å². The summed E-state index contributed by atoms with van der Waals surface area (Å²) in [5.74, 6) is 0.237. The highest BCUT2D eigenvalue weighted by atomic mass is 16.7. The van der Waals surface area contributed by atoms with E-state index in [4.69, 9.17) is 4.74 Å². The Morgan fingerprint density at radius 1 is 1.60 bits per heavy atom. The molecule has 0 radical (unpaired) electrons. The lowest BCUT2D eigenvalue weighted by Crippen LogP contribution is -2.18. The zero-order valence-electron chi connectivity index (χ0n) is 8.90. The normalized spacial score (nSPS) is 23.8. The fraction of sp³-hybridized carbons (Fsp3) is 0.636. The van der Waals surface area contributed by atoms with E-state index in [0.29, 0.717) is 25.9 Å². The quantitative estimate of drug-likeness (QED) is 0.520. The summed E-state index contributed by atoms with van der Waals surface area (Å²) in [6, 6.07) is 0. The van der Waals surface area contributed by atoms with Crippen LogP contribution in [0.1, 0.15) is 32.6 Å². The minimum atomic E-state index is -0.640. The van der Waals surface area contributed by atoms with E-state index in [-0.39, 0.29) is 11.9 Å². The molecule has 84 valence electrons. The van der Waals surface area contributed by atoms with Gasteiger partial charge in [-0.25, -0.2) is 4.79 Å². The highest BCUT2D eigenvalue weighted by Gasteiger charge is 2.14. The van der Waals surface area contributed by atoms with Gasteiger partial charge >= 0.3 is 6.16 Å². The van der Waals surface area contributed by atoms with Crippen LogP contribution in [0.3, 0.4) is 0 Å². The molecule has 1 aliphatic carbocycles. The smallest absolute Gasteiger partial charge is 0.435 e. The Morgan fingerprint density at radius 2 is 2.40 bits per heavy atom. The van der Waals surface area contributed by atoms with Crippen molar-refractivity contribution in [3.05, 3.63) is 12.2 Å². The summed E-state index contributed by atoms with van der Waals surface area (Å²) in [6.45, 7) is 2.04. The van der Waals surface area contributed by atoms with Gasteiger partial charge in [0.05, 0.1) is 6.61 Å². The van der Waals surface area contributed by atoms with Crippen molar-refractivity contribution in [3.63, 3.8) is 0 Å². The maximum atomic E-state index is 11.1. The van der Waals surface area contributed by atoms with E-state index in [2.05, 4.69) is 4.74 Å². The Labute approximate surface area is 89.2 Å². The molecule has 15 heavy (non-hydrogen) atoms. The first kappa shape index (κ1) is 11.8. The molecule has 1 atom stereocenters. The molecule has 0 spiro atoms. The van der Waals surface area contributed by atoms with Crippen molar-refractivity contribution in [1.29, 1.82) is 0 Å². The molecule has 4 heteroatoms. The number of allylic oxidation sites excluding steroid dienone is 1. The summed E-state index contributed by atoms with van der Waals surface area (Å²) < 4.78 is 9.72. The minimum Gasteiger partial charge on any atom is -0.435 e. The number of carbonyl (C=O) groups excluding carboxylic acids is 2. The molecule has 1 unspecified atom stereocenters. The largest absolute Gasteiger partial charge is 0.508 e. The topological polar surface area (TPSA) is 52.6 Å². The third-order valence-electron chi connectivity index (χ3n) is 2.15. The molecule has 0 heterocycles. The van der Waals surface area contributed by atoms with Crippen LogP contribution in [0.2, 0.25) is 0 Å². The van der Waals surface area contributed by atoms with Gasteiger partial charge in [0, 0.05) is 12.8 Å². The van der Waals surface area contributed by atoms with Crippen molar-refractivity contribution < 1.29 is 19.1 Å². The molecule has 1 rings (SSSR count). The van der Waals surface area contributed by atoms with Crippen molar-refractivity contribution in [2.24, 2.45) is 0 Å². The van der Waals surface area contributed by atoms with Crippen LogP contribution in [0.15, 0.2) is 12.2 Å². The van der Waals surface area contributed by atoms with Crippen LogP contribution < -0.4 is 0 Å². The fourth-order valence-electron chi connectivity index (χ4n) is 1.42. The number of ketones is 1. The number of hydrogen-bond acceptors (Lipinski definition) is 4. The molecule has 0 N–H and O–H groups in total. The summed E-state index contributed by atoms with van der Waals surface area (Å²) in [4.78, 5) is 22.1. The number of ether oxygens (including phenoxy) is 2.